The van der Waals surface area contributed by atoms with Crippen LogP contribution in [0, 0.1) is 13.8 Å². The molecular weight excluding hydrogens is 260 g/mol. The molecule has 0 aliphatic carbocycles. The lowest BCUT2D eigenvalue weighted by Crippen LogP contribution is -2.46. The Morgan fingerprint density at radius 2 is 1.67 bits per heavy atom. The van der Waals surface area contributed by atoms with E-state index in [-0.39, 0.29) is 0 Å². The van der Waals surface area contributed by atoms with Crippen LogP contribution in [0.4, 0.5) is 5.82 Å². The van der Waals surface area contributed by atoms with E-state index < -0.39 is 0 Å². The minimum absolute atomic E-state index is 1.03. The molecule has 0 amide bonds. The average Bonchev–Trinajstić information content (AvgIpc) is 2.52. The topological polar surface area (TPSA) is 32.3 Å². The molecule has 110 valence electrons. The lowest BCUT2D eigenvalue weighted by atomic mass is 10.2. The lowest BCUT2D eigenvalue weighted by Gasteiger charge is -2.36. The first kappa shape index (κ1) is 14.0. The van der Waals surface area contributed by atoms with Crippen LogP contribution in [0.3, 0.4) is 0 Å². The first-order chi connectivity index (χ1) is 10.2. The van der Waals surface area contributed by atoms with E-state index >= 15 is 0 Å². The molecular formula is C17H22N4. The molecule has 0 unspecified atom stereocenters. The van der Waals surface area contributed by atoms with Gasteiger partial charge in [0.15, 0.2) is 0 Å². The van der Waals surface area contributed by atoms with Gasteiger partial charge in [-0.15, -0.1) is 0 Å². The number of nitrogens with zero attached hydrogens (tertiary/aromatic N) is 4. The summed E-state index contributed by atoms with van der Waals surface area (Å²) in [4.78, 5) is 13.6. The summed E-state index contributed by atoms with van der Waals surface area (Å²) in [6.45, 7) is 9.42. The van der Waals surface area contributed by atoms with E-state index in [4.69, 9.17) is 0 Å². The van der Waals surface area contributed by atoms with Gasteiger partial charge in [0, 0.05) is 44.0 Å². The van der Waals surface area contributed by atoms with Gasteiger partial charge in [-0.2, -0.15) is 0 Å². The van der Waals surface area contributed by atoms with E-state index in [1.165, 1.54) is 11.1 Å². The van der Waals surface area contributed by atoms with Crippen molar-refractivity contribution >= 4 is 5.82 Å². The third-order valence-electron chi connectivity index (χ3n) is 4.23. The summed E-state index contributed by atoms with van der Waals surface area (Å²) in [5, 5.41) is 0. The molecule has 0 atom stereocenters. The SMILES string of the molecule is Cc1ncnc(N2CCN(Cc3ccccc3)CC2)c1C. The van der Waals surface area contributed by atoms with Gasteiger partial charge in [0.1, 0.15) is 12.1 Å². The molecule has 2 heterocycles. The van der Waals surface area contributed by atoms with Crippen LogP contribution in [-0.2, 0) is 6.54 Å². The molecule has 4 heteroatoms. The van der Waals surface area contributed by atoms with Crippen molar-refractivity contribution in [3.05, 3.63) is 53.5 Å². The van der Waals surface area contributed by atoms with Crippen LogP contribution in [-0.4, -0.2) is 41.0 Å². The number of anilines is 1. The molecule has 0 saturated carbocycles. The maximum Gasteiger partial charge on any atom is 0.135 e. The van der Waals surface area contributed by atoms with Crippen LogP contribution in [0.25, 0.3) is 0 Å². The number of benzene rings is 1. The van der Waals surface area contributed by atoms with Crippen LogP contribution >= 0.6 is 0 Å². The maximum atomic E-state index is 4.47. The summed E-state index contributed by atoms with van der Waals surface area (Å²) in [6.07, 6.45) is 1.67. The molecule has 0 N–H and O–H groups in total. The Morgan fingerprint density at radius 1 is 0.952 bits per heavy atom. The van der Waals surface area contributed by atoms with Gasteiger partial charge in [-0.05, 0) is 19.4 Å². The highest BCUT2D eigenvalue weighted by Crippen LogP contribution is 2.20. The molecule has 4 nitrogen and oxygen atoms in total. The summed E-state index contributed by atoms with van der Waals surface area (Å²) in [7, 11) is 0. The number of aryl methyl sites for hydroxylation is 1. The fraction of sp³-hybridized carbons (Fsp3) is 0.412. The van der Waals surface area contributed by atoms with Crippen LogP contribution in [0.5, 0.6) is 0 Å². The van der Waals surface area contributed by atoms with E-state index in [1.54, 1.807) is 6.33 Å². The summed E-state index contributed by atoms with van der Waals surface area (Å²) in [5.41, 5.74) is 3.67. The fourth-order valence-corrected chi connectivity index (χ4v) is 2.80. The molecule has 3 rings (SSSR count). The number of piperazine rings is 1. The van der Waals surface area contributed by atoms with Gasteiger partial charge in [-0.3, -0.25) is 4.90 Å². The van der Waals surface area contributed by atoms with Crippen molar-refractivity contribution in [3.8, 4) is 0 Å². The van der Waals surface area contributed by atoms with Crippen LogP contribution in [0.15, 0.2) is 36.7 Å². The minimum atomic E-state index is 1.03. The van der Waals surface area contributed by atoms with E-state index in [2.05, 4.69) is 57.0 Å². The molecule has 1 aromatic carbocycles. The highest BCUT2D eigenvalue weighted by Gasteiger charge is 2.19. The second-order valence-electron chi connectivity index (χ2n) is 5.66. The molecule has 2 aromatic rings. The van der Waals surface area contributed by atoms with E-state index in [9.17, 15) is 0 Å². The Bertz CT molecular complexity index is 589. The van der Waals surface area contributed by atoms with Crippen LogP contribution < -0.4 is 4.90 Å². The predicted molar refractivity (Wildman–Crippen MR) is 85.4 cm³/mol. The molecule has 21 heavy (non-hydrogen) atoms. The normalized spacial score (nSPS) is 16.2. The van der Waals surface area contributed by atoms with Crippen molar-refractivity contribution in [2.75, 3.05) is 31.1 Å². The van der Waals surface area contributed by atoms with Crippen molar-refractivity contribution in [2.45, 2.75) is 20.4 Å². The molecule has 1 fully saturated rings. The second kappa shape index (κ2) is 6.22. The van der Waals surface area contributed by atoms with Gasteiger partial charge in [0.2, 0.25) is 0 Å². The second-order valence-corrected chi connectivity index (χ2v) is 5.66. The number of rotatable bonds is 3. The Balaban J connectivity index is 1.61. The minimum Gasteiger partial charge on any atom is -0.354 e. The number of hydrogen-bond acceptors (Lipinski definition) is 4. The Hall–Kier alpha value is -1.94. The van der Waals surface area contributed by atoms with E-state index in [1.807, 2.05) is 6.92 Å². The Labute approximate surface area is 126 Å². The molecule has 1 aromatic heterocycles. The standard InChI is InChI=1S/C17H22N4/c1-14-15(2)18-13-19-17(14)21-10-8-20(9-11-21)12-16-6-4-3-5-7-16/h3-7,13H,8-12H2,1-2H3. The van der Waals surface area contributed by atoms with Gasteiger partial charge in [-0.25, -0.2) is 9.97 Å². The van der Waals surface area contributed by atoms with Crippen molar-refractivity contribution in [3.63, 3.8) is 0 Å². The highest BCUT2D eigenvalue weighted by molar-refractivity contribution is 5.47. The average molecular weight is 282 g/mol. The van der Waals surface area contributed by atoms with Gasteiger partial charge in [0.05, 0.1) is 0 Å². The summed E-state index contributed by atoms with van der Waals surface area (Å²) in [5.74, 6) is 1.10. The van der Waals surface area contributed by atoms with Gasteiger partial charge < -0.3 is 4.90 Å². The quantitative estimate of drug-likeness (QED) is 0.865. The fourth-order valence-electron chi connectivity index (χ4n) is 2.80. The Kier molecular flexibility index (Phi) is 4.15. The largest absolute Gasteiger partial charge is 0.354 e. The molecule has 0 bridgehead atoms. The van der Waals surface area contributed by atoms with Crippen molar-refractivity contribution < 1.29 is 0 Å². The van der Waals surface area contributed by atoms with Gasteiger partial charge in [0.25, 0.3) is 0 Å². The third kappa shape index (κ3) is 3.22. The van der Waals surface area contributed by atoms with Crippen molar-refractivity contribution in [1.29, 1.82) is 0 Å². The smallest absolute Gasteiger partial charge is 0.135 e. The van der Waals surface area contributed by atoms with Gasteiger partial charge >= 0.3 is 0 Å². The number of aromatic nitrogens is 2. The summed E-state index contributed by atoms with van der Waals surface area (Å²) < 4.78 is 0. The molecule has 1 aliphatic heterocycles. The van der Waals surface area contributed by atoms with Gasteiger partial charge in [-0.1, -0.05) is 30.3 Å². The lowest BCUT2D eigenvalue weighted by molar-refractivity contribution is 0.249. The van der Waals surface area contributed by atoms with E-state index in [0.29, 0.717) is 0 Å². The molecule has 0 radical (unpaired) electrons. The molecule has 0 spiro atoms. The highest BCUT2D eigenvalue weighted by atomic mass is 15.3. The zero-order valence-corrected chi connectivity index (χ0v) is 12.8. The summed E-state index contributed by atoms with van der Waals surface area (Å²) >= 11 is 0. The molecule has 1 aliphatic rings. The third-order valence-corrected chi connectivity index (χ3v) is 4.23. The van der Waals surface area contributed by atoms with Crippen molar-refractivity contribution in [1.82, 2.24) is 14.9 Å². The first-order valence-electron chi connectivity index (χ1n) is 7.53. The van der Waals surface area contributed by atoms with Crippen LogP contribution in [0.1, 0.15) is 16.8 Å². The predicted octanol–water partition coefficient (Wildman–Crippen LogP) is 2.42. The maximum absolute atomic E-state index is 4.47. The zero-order chi connectivity index (χ0) is 14.7. The Morgan fingerprint density at radius 3 is 2.38 bits per heavy atom. The zero-order valence-electron chi connectivity index (χ0n) is 12.8. The van der Waals surface area contributed by atoms with Crippen molar-refractivity contribution in [2.24, 2.45) is 0 Å². The summed E-state index contributed by atoms with van der Waals surface area (Å²) in [6, 6.07) is 10.7. The monoisotopic (exact) mass is 282 g/mol. The first-order valence-corrected chi connectivity index (χ1v) is 7.53. The van der Waals surface area contributed by atoms with Crippen LogP contribution in [0.2, 0.25) is 0 Å². The molecule has 1 saturated heterocycles. The number of hydrogen-bond donors (Lipinski definition) is 0. The van der Waals surface area contributed by atoms with E-state index in [0.717, 1.165) is 44.2 Å².